The summed E-state index contributed by atoms with van der Waals surface area (Å²) in [6.07, 6.45) is 4.15. The highest BCUT2D eigenvalue weighted by Crippen LogP contribution is 2.37. The molecule has 0 bridgehead atoms. The summed E-state index contributed by atoms with van der Waals surface area (Å²) in [5, 5.41) is 9.73. The molecule has 6 nitrogen and oxygen atoms in total. The number of hydrogen-bond acceptors (Lipinski definition) is 5. The Bertz CT molecular complexity index is 1300. The lowest BCUT2D eigenvalue weighted by molar-refractivity contribution is 0.582. The quantitative estimate of drug-likeness (QED) is 0.512. The van der Waals surface area contributed by atoms with Crippen LogP contribution in [0.5, 0.6) is 0 Å². The summed E-state index contributed by atoms with van der Waals surface area (Å²) in [5.74, 6) is 0.427. The summed E-state index contributed by atoms with van der Waals surface area (Å²) in [5.41, 5.74) is 1.68. The van der Waals surface area contributed by atoms with Crippen LogP contribution in [0.25, 0.3) is 22.4 Å². The molecule has 0 spiro atoms. The molecule has 0 aliphatic rings. The summed E-state index contributed by atoms with van der Waals surface area (Å²) in [6, 6.07) is 11.8. The van der Waals surface area contributed by atoms with E-state index in [2.05, 4.69) is 4.98 Å². The van der Waals surface area contributed by atoms with Crippen molar-refractivity contribution in [1.82, 2.24) is 8.96 Å². The van der Waals surface area contributed by atoms with Gasteiger partial charge < -0.3 is 4.42 Å². The highest BCUT2D eigenvalue weighted by molar-refractivity contribution is 7.90. The van der Waals surface area contributed by atoms with E-state index in [0.717, 1.165) is 9.54 Å². The Morgan fingerprint density at radius 2 is 1.96 bits per heavy atom. The molecule has 0 aliphatic carbocycles. The van der Waals surface area contributed by atoms with Gasteiger partial charge in [-0.3, -0.25) is 0 Å². The number of halogens is 1. The Kier molecular flexibility index (Phi) is 4.02. The van der Waals surface area contributed by atoms with E-state index in [1.165, 1.54) is 30.8 Å². The fourth-order valence-corrected chi connectivity index (χ4v) is 4.43. The third-order valence-electron chi connectivity index (χ3n) is 4.20. The number of aryl methyl sites for hydroxylation is 1. The molecule has 3 heterocycles. The van der Waals surface area contributed by atoms with E-state index in [4.69, 9.17) is 16.0 Å². The van der Waals surface area contributed by atoms with Crippen molar-refractivity contribution < 1.29 is 12.8 Å². The molecule has 4 rings (SSSR count). The van der Waals surface area contributed by atoms with E-state index in [-0.39, 0.29) is 21.1 Å². The SMILES string of the molecule is Cc1ccc(S(=O)(=O)n2cc(-c3ccco3)c3c(Cl)c(C#N)cnc32)cc1. The van der Waals surface area contributed by atoms with Gasteiger partial charge in [-0.25, -0.2) is 17.4 Å². The Hall–Kier alpha value is -3.08. The molecule has 0 saturated heterocycles. The van der Waals surface area contributed by atoms with Crippen LogP contribution in [-0.4, -0.2) is 17.4 Å². The first kappa shape index (κ1) is 17.3. The van der Waals surface area contributed by atoms with Crippen molar-refractivity contribution in [3.8, 4) is 17.4 Å². The molecule has 0 radical (unpaired) electrons. The highest BCUT2D eigenvalue weighted by Gasteiger charge is 2.26. The van der Waals surface area contributed by atoms with Crippen LogP contribution in [0.4, 0.5) is 0 Å². The second kappa shape index (κ2) is 6.27. The van der Waals surface area contributed by atoms with Gasteiger partial charge in [-0.15, -0.1) is 0 Å². The number of pyridine rings is 1. The molecular formula is C19H12ClN3O3S. The van der Waals surface area contributed by atoms with Gasteiger partial charge in [0.25, 0.3) is 10.0 Å². The lowest BCUT2D eigenvalue weighted by Crippen LogP contribution is -2.12. The Labute approximate surface area is 160 Å². The maximum Gasteiger partial charge on any atom is 0.269 e. The fourth-order valence-electron chi connectivity index (χ4n) is 2.83. The number of nitriles is 1. The van der Waals surface area contributed by atoms with Crippen LogP contribution in [-0.2, 0) is 10.0 Å². The minimum Gasteiger partial charge on any atom is -0.464 e. The third kappa shape index (κ3) is 2.70. The van der Waals surface area contributed by atoms with Crippen LogP contribution in [0.3, 0.4) is 0 Å². The molecule has 1 aromatic carbocycles. The number of hydrogen-bond donors (Lipinski definition) is 0. The minimum absolute atomic E-state index is 0.123. The zero-order chi connectivity index (χ0) is 19.2. The predicted octanol–water partition coefficient (Wildman–Crippen LogP) is 4.37. The molecule has 3 aromatic heterocycles. The first-order valence-electron chi connectivity index (χ1n) is 7.89. The van der Waals surface area contributed by atoms with Crippen molar-refractivity contribution >= 4 is 32.7 Å². The van der Waals surface area contributed by atoms with Crippen molar-refractivity contribution in [2.75, 3.05) is 0 Å². The molecule has 4 aromatic rings. The van der Waals surface area contributed by atoms with Gasteiger partial charge in [-0.2, -0.15) is 5.26 Å². The van der Waals surface area contributed by atoms with E-state index < -0.39 is 10.0 Å². The van der Waals surface area contributed by atoms with Gasteiger partial charge in [0.15, 0.2) is 5.65 Å². The van der Waals surface area contributed by atoms with E-state index in [1.807, 2.05) is 13.0 Å². The molecule has 8 heteroatoms. The summed E-state index contributed by atoms with van der Waals surface area (Å²) >= 11 is 6.38. The number of benzene rings is 1. The maximum absolute atomic E-state index is 13.2. The molecule has 134 valence electrons. The van der Waals surface area contributed by atoms with Gasteiger partial charge in [-0.1, -0.05) is 29.3 Å². The van der Waals surface area contributed by atoms with Crippen LogP contribution < -0.4 is 0 Å². The van der Waals surface area contributed by atoms with Gasteiger partial charge in [0.1, 0.15) is 11.8 Å². The average Bonchev–Trinajstić information content (AvgIpc) is 3.30. The lowest BCUT2D eigenvalue weighted by Gasteiger charge is -2.07. The van der Waals surface area contributed by atoms with Gasteiger partial charge in [0, 0.05) is 18.0 Å². The topological polar surface area (TPSA) is 88.9 Å². The standard InChI is InChI=1S/C19H12ClN3O3S/c1-12-4-6-14(7-5-12)27(24,25)23-11-15(16-3-2-8-26-16)17-18(20)13(9-21)10-22-19(17)23/h2-8,10-11H,1H3. The zero-order valence-electron chi connectivity index (χ0n) is 14.0. The Morgan fingerprint density at radius 1 is 1.22 bits per heavy atom. The van der Waals surface area contributed by atoms with Gasteiger partial charge >= 0.3 is 0 Å². The average molecular weight is 398 g/mol. The molecule has 0 fully saturated rings. The predicted molar refractivity (Wildman–Crippen MR) is 101 cm³/mol. The van der Waals surface area contributed by atoms with Crippen molar-refractivity contribution in [1.29, 1.82) is 5.26 Å². The Morgan fingerprint density at radius 3 is 2.59 bits per heavy atom. The van der Waals surface area contributed by atoms with Gasteiger partial charge in [-0.05, 0) is 31.2 Å². The van der Waals surface area contributed by atoms with Gasteiger partial charge in [0.05, 0.1) is 27.1 Å². The molecule has 0 saturated carbocycles. The van der Waals surface area contributed by atoms with Crippen molar-refractivity contribution in [3.05, 3.63) is 71.2 Å². The molecule has 0 unspecified atom stereocenters. The number of fused-ring (bicyclic) bond motifs is 1. The summed E-state index contributed by atoms with van der Waals surface area (Å²) in [6.45, 7) is 1.88. The first-order valence-corrected chi connectivity index (χ1v) is 9.71. The van der Waals surface area contributed by atoms with E-state index in [0.29, 0.717) is 16.7 Å². The molecule has 0 atom stereocenters. The molecular weight excluding hydrogens is 386 g/mol. The summed E-state index contributed by atoms with van der Waals surface area (Å²) < 4.78 is 32.9. The summed E-state index contributed by atoms with van der Waals surface area (Å²) in [7, 11) is -3.92. The van der Waals surface area contributed by atoms with E-state index in [9.17, 15) is 13.7 Å². The van der Waals surface area contributed by atoms with E-state index >= 15 is 0 Å². The zero-order valence-corrected chi connectivity index (χ0v) is 15.6. The molecule has 0 N–H and O–H groups in total. The van der Waals surface area contributed by atoms with Crippen molar-refractivity contribution in [3.63, 3.8) is 0 Å². The number of aromatic nitrogens is 2. The monoisotopic (exact) mass is 397 g/mol. The highest BCUT2D eigenvalue weighted by atomic mass is 35.5. The molecule has 27 heavy (non-hydrogen) atoms. The van der Waals surface area contributed by atoms with Crippen molar-refractivity contribution in [2.24, 2.45) is 0 Å². The van der Waals surface area contributed by atoms with Crippen LogP contribution in [0, 0.1) is 18.3 Å². The largest absolute Gasteiger partial charge is 0.464 e. The van der Waals surface area contributed by atoms with Crippen LogP contribution >= 0.6 is 11.6 Å². The van der Waals surface area contributed by atoms with Crippen molar-refractivity contribution in [2.45, 2.75) is 11.8 Å². The Balaban J connectivity index is 2.07. The number of nitrogens with zero attached hydrogens (tertiary/aromatic N) is 3. The second-order valence-corrected chi connectivity index (χ2v) is 8.12. The molecule has 0 aliphatic heterocycles. The number of rotatable bonds is 3. The van der Waals surface area contributed by atoms with E-state index in [1.54, 1.807) is 24.3 Å². The normalized spacial score (nSPS) is 11.6. The third-order valence-corrected chi connectivity index (χ3v) is 6.26. The van der Waals surface area contributed by atoms with Crippen LogP contribution in [0.1, 0.15) is 11.1 Å². The lowest BCUT2D eigenvalue weighted by atomic mass is 10.1. The van der Waals surface area contributed by atoms with Crippen LogP contribution in [0.15, 0.2) is 64.4 Å². The smallest absolute Gasteiger partial charge is 0.269 e. The van der Waals surface area contributed by atoms with Gasteiger partial charge in [0.2, 0.25) is 0 Å². The second-order valence-electron chi connectivity index (χ2n) is 5.93. The van der Waals surface area contributed by atoms with Crippen LogP contribution in [0.2, 0.25) is 5.02 Å². The minimum atomic E-state index is -3.92. The maximum atomic E-state index is 13.2. The summed E-state index contributed by atoms with van der Waals surface area (Å²) in [4.78, 5) is 4.31. The molecule has 0 amide bonds. The fraction of sp³-hybridized carbons (Fsp3) is 0.0526. The first-order chi connectivity index (χ1) is 12.9. The number of furan rings is 1.